The number of aromatic nitrogens is 2. The van der Waals surface area contributed by atoms with Crippen molar-refractivity contribution in [1.82, 2.24) is 9.97 Å². The molecule has 2 heterocycles. The summed E-state index contributed by atoms with van der Waals surface area (Å²) in [4.78, 5) is 8.10. The van der Waals surface area contributed by atoms with Gasteiger partial charge in [0.1, 0.15) is 5.01 Å². The van der Waals surface area contributed by atoms with Crippen LogP contribution in [0, 0.1) is 0 Å². The zero-order valence-electron chi connectivity index (χ0n) is 11.9. The number of aromatic amines is 1. The number of H-pyrrole nitrogens is 1. The molecule has 0 bridgehead atoms. The van der Waals surface area contributed by atoms with Crippen molar-refractivity contribution in [2.45, 2.75) is 6.54 Å². The van der Waals surface area contributed by atoms with Gasteiger partial charge in [0, 0.05) is 40.2 Å². The van der Waals surface area contributed by atoms with Crippen molar-refractivity contribution < 1.29 is 0 Å². The first-order valence-electron chi connectivity index (χ1n) is 7.16. The fraction of sp³-hybridized carbons (Fsp3) is 0.0556. The van der Waals surface area contributed by atoms with E-state index in [0.29, 0.717) is 6.54 Å². The molecule has 4 rings (SSSR count). The molecular weight excluding hydrogens is 290 g/mol. The Balaban J connectivity index is 1.74. The van der Waals surface area contributed by atoms with Gasteiger partial charge in [0.2, 0.25) is 0 Å². The predicted octanol–water partition coefficient (Wildman–Crippen LogP) is 4.42. The van der Waals surface area contributed by atoms with Crippen LogP contribution < -0.4 is 5.73 Å². The second kappa shape index (κ2) is 5.40. The highest BCUT2D eigenvalue weighted by atomic mass is 32.1. The molecule has 0 amide bonds. The van der Waals surface area contributed by atoms with Gasteiger partial charge in [-0.2, -0.15) is 0 Å². The summed E-state index contributed by atoms with van der Waals surface area (Å²) >= 11 is 1.67. The normalized spacial score (nSPS) is 11.1. The van der Waals surface area contributed by atoms with E-state index >= 15 is 0 Å². The second-order valence-electron chi connectivity index (χ2n) is 5.19. The van der Waals surface area contributed by atoms with Gasteiger partial charge in [-0.3, -0.25) is 0 Å². The van der Waals surface area contributed by atoms with Crippen LogP contribution in [0.25, 0.3) is 32.7 Å². The number of fused-ring (bicyclic) bond motifs is 1. The maximum absolute atomic E-state index is 5.64. The van der Waals surface area contributed by atoms with Crippen LogP contribution >= 0.6 is 11.3 Å². The molecule has 4 heteroatoms. The molecule has 0 atom stereocenters. The van der Waals surface area contributed by atoms with Crippen LogP contribution in [0.3, 0.4) is 0 Å². The molecule has 0 radical (unpaired) electrons. The fourth-order valence-corrected chi connectivity index (χ4v) is 3.42. The molecule has 0 fully saturated rings. The Bertz CT molecular complexity index is 919. The summed E-state index contributed by atoms with van der Waals surface area (Å²) in [6.07, 6.45) is 2.03. The lowest BCUT2D eigenvalue weighted by molar-refractivity contribution is 1.07. The van der Waals surface area contributed by atoms with Gasteiger partial charge in [-0.1, -0.05) is 42.5 Å². The summed E-state index contributed by atoms with van der Waals surface area (Å²) in [5.74, 6) is 0. The SMILES string of the molecule is NCc1ccc(-c2nc(-c3c[nH]c4ccccc34)cs2)cc1. The Morgan fingerprint density at radius 1 is 1.05 bits per heavy atom. The zero-order valence-corrected chi connectivity index (χ0v) is 12.7. The monoisotopic (exact) mass is 305 g/mol. The van der Waals surface area contributed by atoms with Crippen LogP contribution in [0.4, 0.5) is 0 Å². The first kappa shape index (κ1) is 13.2. The van der Waals surface area contributed by atoms with Gasteiger partial charge in [-0.15, -0.1) is 11.3 Å². The van der Waals surface area contributed by atoms with Gasteiger partial charge in [0.05, 0.1) is 5.69 Å². The maximum atomic E-state index is 5.64. The minimum absolute atomic E-state index is 0.568. The number of para-hydroxylation sites is 1. The van der Waals surface area contributed by atoms with Gasteiger partial charge < -0.3 is 10.7 Å². The standard InChI is InChI=1S/C18H15N3S/c19-9-12-5-7-13(8-6-12)18-21-17(11-22-18)15-10-20-16-4-2-1-3-14(15)16/h1-8,10-11,20H,9,19H2. The van der Waals surface area contributed by atoms with Gasteiger partial charge in [0.25, 0.3) is 0 Å². The molecular formula is C18H15N3S. The minimum atomic E-state index is 0.568. The van der Waals surface area contributed by atoms with E-state index in [2.05, 4.69) is 52.8 Å². The first-order chi connectivity index (χ1) is 10.8. The highest BCUT2D eigenvalue weighted by Crippen LogP contribution is 2.32. The molecule has 0 saturated heterocycles. The van der Waals surface area contributed by atoms with Gasteiger partial charge >= 0.3 is 0 Å². The fourth-order valence-electron chi connectivity index (χ4n) is 2.60. The quantitative estimate of drug-likeness (QED) is 0.589. The van der Waals surface area contributed by atoms with E-state index < -0.39 is 0 Å². The van der Waals surface area contributed by atoms with Crippen molar-refractivity contribution in [1.29, 1.82) is 0 Å². The minimum Gasteiger partial charge on any atom is -0.360 e. The van der Waals surface area contributed by atoms with Crippen LogP contribution in [0.2, 0.25) is 0 Å². The molecule has 0 saturated carbocycles. The van der Waals surface area contributed by atoms with E-state index in [9.17, 15) is 0 Å². The Kier molecular flexibility index (Phi) is 3.25. The molecule has 0 aliphatic rings. The third-order valence-corrected chi connectivity index (χ3v) is 4.70. The average Bonchev–Trinajstić information content (AvgIpc) is 3.21. The van der Waals surface area contributed by atoms with Crippen molar-refractivity contribution in [3.8, 4) is 21.8 Å². The summed E-state index contributed by atoms with van der Waals surface area (Å²) in [6.45, 7) is 0.568. The summed E-state index contributed by atoms with van der Waals surface area (Å²) in [6, 6.07) is 16.6. The summed E-state index contributed by atoms with van der Waals surface area (Å²) in [5, 5.41) is 4.35. The lowest BCUT2D eigenvalue weighted by Crippen LogP contribution is -1.95. The molecule has 3 nitrogen and oxygen atoms in total. The van der Waals surface area contributed by atoms with Crippen LogP contribution in [0.1, 0.15) is 5.56 Å². The highest BCUT2D eigenvalue weighted by Gasteiger charge is 2.10. The van der Waals surface area contributed by atoms with Crippen LogP contribution in [0.5, 0.6) is 0 Å². The number of nitrogens with zero attached hydrogens (tertiary/aromatic N) is 1. The second-order valence-corrected chi connectivity index (χ2v) is 6.04. The number of nitrogens with two attached hydrogens (primary N) is 1. The van der Waals surface area contributed by atoms with Crippen LogP contribution in [-0.2, 0) is 6.54 Å². The molecule has 3 N–H and O–H groups in total. The molecule has 0 unspecified atom stereocenters. The Hall–Kier alpha value is -2.43. The van der Waals surface area contributed by atoms with E-state index in [4.69, 9.17) is 10.7 Å². The Morgan fingerprint density at radius 3 is 2.68 bits per heavy atom. The molecule has 108 valence electrons. The molecule has 2 aromatic heterocycles. The molecule has 22 heavy (non-hydrogen) atoms. The summed E-state index contributed by atoms with van der Waals surface area (Å²) in [7, 11) is 0. The van der Waals surface area contributed by atoms with E-state index in [0.717, 1.165) is 32.9 Å². The van der Waals surface area contributed by atoms with Gasteiger partial charge in [-0.25, -0.2) is 4.98 Å². The maximum Gasteiger partial charge on any atom is 0.124 e. The van der Waals surface area contributed by atoms with E-state index in [1.54, 1.807) is 11.3 Å². The largest absolute Gasteiger partial charge is 0.360 e. The lowest BCUT2D eigenvalue weighted by Gasteiger charge is -1.99. The number of thiazole rings is 1. The molecule has 0 aliphatic heterocycles. The first-order valence-corrected chi connectivity index (χ1v) is 8.04. The molecule has 0 aliphatic carbocycles. The molecule has 0 spiro atoms. The number of nitrogens with one attached hydrogen (secondary N) is 1. The summed E-state index contributed by atoms with van der Waals surface area (Å²) in [5.41, 5.74) is 11.2. The summed E-state index contributed by atoms with van der Waals surface area (Å²) < 4.78 is 0. The topological polar surface area (TPSA) is 54.7 Å². The third-order valence-electron chi connectivity index (χ3n) is 3.81. The van der Waals surface area contributed by atoms with Gasteiger partial charge in [-0.05, 0) is 11.6 Å². The van der Waals surface area contributed by atoms with Crippen molar-refractivity contribution in [2.24, 2.45) is 5.73 Å². The van der Waals surface area contributed by atoms with Crippen LogP contribution in [0.15, 0.2) is 60.1 Å². The number of hydrogen-bond donors (Lipinski definition) is 2. The van der Waals surface area contributed by atoms with Gasteiger partial charge in [0.15, 0.2) is 0 Å². The molecule has 4 aromatic rings. The Labute approximate surface area is 132 Å². The van der Waals surface area contributed by atoms with E-state index in [1.165, 1.54) is 5.39 Å². The third kappa shape index (κ3) is 2.22. The number of rotatable bonds is 3. The number of hydrogen-bond acceptors (Lipinski definition) is 3. The van der Waals surface area contributed by atoms with E-state index in [-0.39, 0.29) is 0 Å². The van der Waals surface area contributed by atoms with Crippen molar-refractivity contribution in [2.75, 3.05) is 0 Å². The van der Waals surface area contributed by atoms with Crippen molar-refractivity contribution in [3.05, 3.63) is 65.7 Å². The lowest BCUT2D eigenvalue weighted by atomic mass is 10.1. The average molecular weight is 305 g/mol. The smallest absolute Gasteiger partial charge is 0.124 e. The zero-order chi connectivity index (χ0) is 14.9. The van der Waals surface area contributed by atoms with Crippen molar-refractivity contribution >= 4 is 22.2 Å². The predicted molar refractivity (Wildman–Crippen MR) is 92.7 cm³/mol. The Morgan fingerprint density at radius 2 is 1.86 bits per heavy atom. The van der Waals surface area contributed by atoms with Crippen molar-refractivity contribution in [3.63, 3.8) is 0 Å². The van der Waals surface area contributed by atoms with E-state index in [1.807, 2.05) is 12.3 Å². The number of benzene rings is 2. The molecule has 2 aromatic carbocycles. The highest BCUT2D eigenvalue weighted by molar-refractivity contribution is 7.13. The van der Waals surface area contributed by atoms with Crippen LogP contribution in [-0.4, -0.2) is 9.97 Å².